The van der Waals surface area contributed by atoms with E-state index in [4.69, 9.17) is 11.6 Å². The Bertz CT molecular complexity index is 638. The zero-order valence-electron chi connectivity index (χ0n) is 10.5. The Morgan fingerprint density at radius 1 is 1.47 bits per heavy atom. The number of carbonyl (C=O) groups is 1. The molecule has 3 rings (SSSR count). The van der Waals surface area contributed by atoms with Crippen LogP contribution in [-0.4, -0.2) is 17.8 Å². The van der Waals surface area contributed by atoms with E-state index in [0.717, 1.165) is 30.8 Å². The van der Waals surface area contributed by atoms with Crippen molar-refractivity contribution in [1.82, 2.24) is 4.98 Å². The summed E-state index contributed by atoms with van der Waals surface area (Å²) in [7, 11) is 0. The Hall–Kier alpha value is -1.39. The molecule has 0 fully saturated rings. The Morgan fingerprint density at radius 3 is 3.05 bits per heavy atom. The number of rotatable bonds is 2. The van der Waals surface area contributed by atoms with E-state index in [1.807, 2.05) is 0 Å². The van der Waals surface area contributed by atoms with Crippen LogP contribution in [0.3, 0.4) is 0 Å². The third-order valence-electron chi connectivity index (χ3n) is 3.29. The minimum Gasteiger partial charge on any atom is -0.317 e. The average Bonchev–Trinajstić information content (AvgIpc) is 2.78. The van der Waals surface area contributed by atoms with Gasteiger partial charge in [-0.2, -0.15) is 0 Å². The number of nitrogens with zero attached hydrogens (tertiary/aromatic N) is 2. The molecule has 1 aliphatic heterocycles. The Labute approximate surface area is 120 Å². The number of hydrogen-bond donors (Lipinski definition) is 0. The molecule has 2 heterocycles. The van der Waals surface area contributed by atoms with Gasteiger partial charge in [-0.25, -0.2) is 4.98 Å². The van der Waals surface area contributed by atoms with Crippen molar-refractivity contribution in [2.75, 3.05) is 11.4 Å². The maximum atomic E-state index is 10.9. The molecule has 3 nitrogen and oxygen atoms in total. The van der Waals surface area contributed by atoms with Crippen LogP contribution in [0.4, 0.5) is 10.8 Å². The summed E-state index contributed by atoms with van der Waals surface area (Å²) < 4.78 is 0. The number of anilines is 2. The highest BCUT2D eigenvalue weighted by atomic mass is 35.5. The number of aryl methyl sites for hydroxylation is 2. The number of halogens is 1. The standard InChI is InChI=1S/C14H13ClN2OS/c1-9-4-5-11-10(7-9)3-2-6-17(11)14-16-13(15)12(8-18)19-14/h4-5,7-8H,2-3,6H2,1H3. The van der Waals surface area contributed by atoms with Crippen LogP contribution in [0, 0.1) is 6.92 Å². The number of aromatic nitrogens is 1. The van der Waals surface area contributed by atoms with Gasteiger partial charge in [0.1, 0.15) is 4.88 Å². The van der Waals surface area contributed by atoms with Crippen LogP contribution in [0.2, 0.25) is 5.15 Å². The molecule has 2 aromatic rings. The van der Waals surface area contributed by atoms with Crippen molar-refractivity contribution in [2.24, 2.45) is 0 Å². The van der Waals surface area contributed by atoms with Crippen LogP contribution in [0.15, 0.2) is 18.2 Å². The number of hydrogen-bond acceptors (Lipinski definition) is 4. The molecule has 0 radical (unpaired) electrons. The molecular formula is C14H13ClN2OS. The fourth-order valence-corrected chi connectivity index (χ4v) is 3.52. The Morgan fingerprint density at radius 2 is 2.32 bits per heavy atom. The topological polar surface area (TPSA) is 33.2 Å². The number of benzene rings is 1. The second-order valence-electron chi connectivity index (χ2n) is 4.66. The molecule has 1 aromatic carbocycles. The van der Waals surface area contributed by atoms with Crippen molar-refractivity contribution in [3.8, 4) is 0 Å². The predicted octanol–water partition coefficient (Wildman–Crippen LogP) is 4.00. The minimum absolute atomic E-state index is 0.300. The molecule has 98 valence electrons. The van der Waals surface area contributed by atoms with E-state index >= 15 is 0 Å². The van der Waals surface area contributed by atoms with Gasteiger partial charge in [0.15, 0.2) is 16.6 Å². The van der Waals surface area contributed by atoms with Gasteiger partial charge < -0.3 is 4.90 Å². The molecule has 1 aromatic heterocycles. The smallest absolute Gasteiger partial charge is 0.191 e. The molecule has 0 atom stereocenters. The average molecular weight is 293 g/mol. The van der Waals surface area contributed by atoms with Crippen molar-refractivity contribution in [3.05, 3.63) is 39.4 Å². The number of thiazole rings is 1. The van der Waals surface area contributed by atoms with Gasteiger partial charge in [-0.3, -0.25) is 4.79 Å². The van der Waals surface area contributed by atoms with E-state index in [2.05, 4.69) is 35.0 Å². The first-order valence-corrected chi connectivity index (χ1v) is 7.37. The molecule has 0 bridgehead atoms. The van der Waals surface area contributed by atoms with Crippen LogP contribution < -0.4 is 4.90 Å². The number of carbonyl (C=O) groups excluding carboxylic acids is 1. The Balaban J connectivity index is 2.05. The highest BCUT2D eigenvalue weighted by Gasteiger charge is 2.22. The van der Waals surface area contributed by atoms with E-state index in [-0.39, 0.29) is 0 Å². The van der Waals surface area contributed by atoms with Crippen molar-refractivity contribution in [2.45, 2.75) is 19.8 Å². The molecular weight excluding hydrogens is 280 g/mol. The lowest BCUT2D eigenvalue weighted by molar-refractivity contribution is 0.112. The number of fused-ring (bicyclic) bond motifs is 1. The molecule has 0 unspecified atom stereocenters. The van der Waals surface area contributed by atoms with Crippen molar-refractivity contribution >= 4 is 40.0 Å². The number of aldehydes is 1. The summed E-state index contributed by atoms with van der Waals surface area (Å²) in [6.07, 6.45) is 2.95. The lowest BCUT2D eigenvalue weighted by atomic mass is 10.0. The summed E-state index contributed by atoms with van der Waals surface area (Å²) in [6, 6.07) is 6.45. The van der Waals surface area contributed by atoms with Gasteiger partial charge in [0.05, 0.1) is 0 Å². The highest BCUT2D eigenvalue weighted by molar-refractivity contribution is 7.17. The summed E-state index contributed by atoms with van der Waals surface area (Å²) in [6.45, 7) is 3.02. The van der Waals surface area contributed by atoms with Crippen LogP contribution >= 0.6 is 22.9 Å². The van der Waals surface area contributed by atoms with Crippen LogP contribution in [-0.2, 0) is 6.42 Å². The van der Waals surface area contributed by atoms with Crippen LogP contribution in [0.5, 0.6) is 0 Å². The van der Waals surface area contributed by atoms with Gasteiger partial charge in [0.2, 0.25) is 0 Å². The fourth-order valence-electron chi connectivity index (χ4n) is 2.42. The third kappa shape index (κ3) is 2.26. The predicted molar refractivity (Wildman–Crippen MR) is 79.0 cm³/mol. The minimum atomic E-state index is 0.300. The molecule has 1 aliphatic rings. The quantitative estimate of drug-likeness (QED) is 0.784. The SMILES string of the molecule is Cc1ccc2c(c1)CCCN2c1nc(Cl)c(C=O)s1. The maximum Gasteiger partial charge on any atom is 0.191 e. The summed E-state index contributed by atoms with van der Waals surface area (Å²) in [4.78, 5) is 17.8. The molecule has 0 amide bonds. The van der Waals surface area contributed by atoms with E-state index in [9.17, 15) is 4.79 Å². The molecule has 0 spiro atoms. The zero-order chi connectivity index (χ0) is 13.4. The second kappa shape index (κ2) is 4.94. The Kier molecular flexibility index (Phi) is 3.29. The lowest BCUT2D eigenvalue weighted by Crippen LogP contribution is -2.24. The zero-order valence-corrected chi connectivity index (χ0v) is 12.1. The summed E-state index contributed by atoms with van der Waals surface area (Å²) in [5.41, 5.74) is 3.79. The van der Waals surface area contributed by atoms with Gasteiger partial charge in [-0.15, -0.1) is 0 Å². The van der Waals surface area contributed by atoms with E-state index in [0.29, 0.717) is 10.0 Å². The first kappa shape index (κ1) is 12.6. The first-order valence-electron chi connectivity index (χ1n) is 6.17. The molecule has 0 saturated heterocycles. The first-order chi connectivity index (χ1) is 9.19. The molecule has 19 heavy (non-hydrogen) atoms. The normalized spacial score (nSPS) is 14.3. The van der Waals surface area contributed by atoms with Crippen LogP contribution in [0.25, 0.3) is 0 Å². The lowest BCUT2D eigenvalue weighted by Gasteiger charge is -2.29. The van der Waals surface area contributed by atoms with E-state index in [1.54, 1.807) is 0 Å². The van der Waals surface area contributed by atoms with Gasteiger partial charge in [-0.05, 0) is 31.4 Å². The van der Waals surface area contributed by atoms with E-state index in [1.165, 1.54) is 28.2 Å². The molecule has 5 heteroatoms. The van der Waals surface area contributed by atoms with Crippen molar-refractivity contribution in [1.29, 1.82) is 0 Å². The van der Waals surface area contributed by atoms with Crippen LogP contribution in [0.1, 0.15) is 27.2 Å². The molecule has 0 saturated carbocycles. The monoisotopic (exact) mass is 292 g/mol. The molecule has 0 N–H and O–H groups in total. The van der Waals surface area contributed by atoms with Gasteiger partial charge >= 0.3 is 0 Å². The second-order valence-corrected chi connectivity index (χ2v) is 6.02. The summed E-state index contributed by atoms with van der Waals surface area (Å²) >= 11 is 7.31. The van der Waals surface area contributed by atoms with Crippen molar-refractivity contribution in [3.63, 3.8) is 0 Å². The summed E-state index contributed by atoms with van der Waals surface area (Å²) in [5, 5.41) is 1.10. The highest BCUT2D eigenvalue weighted by Crippen LogP contribution is 2.37. The largest absolute Gasteiger partial charge is 0.317 e. The maximum absolute atomic E-state index is 10.9. The third-order valence-corrected chi connectivity index (χ3v) is 4.69. The van der Waals surface area contributed by atoms with Crippen molar-refractivity contribution < 1.29 is 4.79 Å². The van der Waals surface area contributed by atoms with Gasteiger partial charge in [0.25, 0.3) is 0 Å². The fraction of sp³-hybridized carbons (Fsp3) is 0.286. The van der Waals surface area contributed by atoms with E-state index < -0.39 is 0 Å². The summed E-state index contributed by atoms with van der Waals surface area (Å²) in [5.74, 6) is 0. The van der Waals surface area contributed by atoms with Gasteiger partial charge in [0, 0.05) is 12.2 Å². The molecule has 0 aliphatic carbocycles. The van der Waals surface area contributed by atoms with Gasteiger partial charge in [-0.1, -0.05) is 40.6 Å².